The SMILES string of the molecule is Cn1c(=O)c2c(ncn2CCOC(=O)c2csc(-c3ccccc3)n2)n(C)c1=O. The van der Waals surface area contributed by atoms with Gasteiger partial charge in [0.2, 0.25) is 0 Å². The summed E-state index contributed by atoms with van der Waals surface area (Å²) < 4.78 is 9.20. The Morgan fingerprint density at radius 1 is 1.14 bits per heavy atom. The maximum absolute atomic E-state index is 12.4. The van der Waals surface area contributed by atoms with Gasteiger partial charge in [0.05, 0.1) is 12.9 Å². The second-order valence-electron chi connectivity index (χ2n) is 6.36. The Labute approximate surface area is 168 Å². The first-order valence-electron chi connectivity index (χ1n) is 8.76. The molecule has 0 radical (unpaired) electrons. The van der Waals surface area contributed by atoms with Crippen LogP contribution in [0.5, 0.6) is 0 Å². The van der Waals surface area contributed by atoms with Crippen molar-refractivity contribution >= 4 is 28.5 Å². The number of fused-ring (bicyclic) bond motifs is 1. The van der Waals surface area contributed by atoms with Gasteiger partial charge < -0.3 is 9.30 Å². The van der Waals surface area contributed by atoms with E-state index < -0.39 is 17.2 Å². The molecule has 4 aromatic rings. The summed E-state index contributed by atoms with van der Waals surface area (Å²) in [6.45, 7) is 0.264. The number of rotatable bonds is 5. The Morgan fingerprint density at radius 2 is 1.90 bits per heavy atom. The average molecular weight is 411 g/mol. The molecule has 29 heavy (non-hydrogen) atoms. The molecule has 0 spiro atoms. The van der Waals surface area contributed by atoms with Crippen LogP contribution in [0.2, 0.25) is 0 Å². The smallest absolute Gasteiger partial charge is 0.357 e. The number of hydrogen-bond acceptors (Lipinski definition) is 7. The zero-order chi connectivity index (χ0) is 20.5. The van der Waals surface area contributed by atoms with Gasteiger partial charge in [-0.25, -0.2) is 19.6 Å². The van der Waals surface area contributed by atoms with Crippen LogP contribution in [-0.2, 0) is 25.4 Å². The standard InChI is InChI=1S/C19H17N5O4S/c1-22-15-14(17(25)23(2)19(22)27)24(11-20-15)8-9-28-18(26)13-10-29-16(21-13)12-6-4-3-5-7-12/h3-7,10-11H,8-9H2,1-2H3. The predicted molar refractivity (Wildman–Crippen MR) is 108 cm³/mol. The lowest BCUT2D eigenvalue weighted by Gasteiger charge is -2.07. The molecule has 0 amide bonds. The summed E-state index contributed by atoms with van der Waals surface area (Å²) in [6, 6.07) is 9.57. The molecule has 10 heteroatoms. The van der Waals surface area contributed by atoms with E-state index in [-0.39, 0.29) is 30.0 Å². The van der Waals surface area contributed by atoms with Crippen LogP contribution in [0.25, 0.3) is 21.7 Å². The number of hydrogen-bond donors (Lipinski definition) is 0. The number of imidazole rings is 1. The van der Waals surface area contributed by atoms with Gasteiger partial charge in [0, 0.05) is 25.0 Å². The number of ether oxygens (including phenoxy) is 1. The lowest BCUT2D eigenvalue weighted by Crippen LogP contribution is -2.37. The number of thiazole rings is 1. The van der Waals surface area contributed by atoms with Crippen LogP contribution in [0.15, 0.2) is 51.6 Å². The highest BCUT2D eigenvalue weighted by Gasteiger charge is 2.16. The summed E-state index contributed by atoms with van der Waals surface area (Å²) in [5, 5.41) is 2.39. The van der Waals surface area contributed by atoms with Crippen molar-refractivity contribution in [1.29, 1.82) is 0 Å². The van der Waals surface area contributed by atoms with Crippen molar-refractivity contribution in [3.63, 3.8) is 0 Å². The summed E-state index contributed by atoms with van der Waals surface area (Å²) in [7, 11) is 2.96. The normalized spacial score (nSPS) is 11.1. The molecular weight excluding hydrogens is 394 g/mol. The minimum Gasteiger partial charge on any atom is -0.459 e. The first kappa shape index (κ1) is 18.8. The lowest BCUT2D eigenvalue weighted by molar-refractivity contribution is 0.0486. The fraction of sp³-hybridized carbons (Fsp3) is 0.211. The molecule has 0 aliphatic heterocycles. The van der Waals surface area contributed by atoms with E-state index in [1.807, 2.05) is 30.3 Å². The molecule has 0 atom stereocenters. The molecule has 4 rings (SSSR count). The first-order valence-corrected chi connectivity index (χ1v) is 9.64. The van der Waals surface area contributed by atoms with Crippen molar-refractivity contribution in [1.82, 2.24) is 23.7 Å². The molecule has 0 saturated carbocycles. The monoisotopic (exact) mass is 411 g/mol. The van der Waals surface area contributed by atoms with Crippen LogP contribution in [0.4, 0.5) is 0 Å². The molecule has 0 fully saturated rings. The van der Waals surface area contributed by atoms with Crippen LogP contribution in [0, 0.1) is 0 Å². The summed E-state index contributed by atoms with van der Waals surface area (Å²) in [5.41, 5.74) is 0.850. The van der Waals surface area contributed by atoms with Crippen LogP contribution in [-0.4, -0.2) is 36.2 Å². The highest BCUT2D eigenvalue weighted by Crippen LogP contribution is 2.23. The van der Waals surface area contributed by atoms with Crippen molar-refractivity contribution in [2.45, 2.75) is 6.54 Å². The average Bonchev–Trinajstić information content (AvgIpc) is 3.39. The third kappa shape index (κ3) is 3.38. The van der Waals surface area contributed by atoms with Crippen molar-refractivity contribution in [2.24, 2.45) is 14.1 Å². The second-order valence-corrected chi connectivity index (χ2v) is 7.21. The summed E-state index contributed by atoms with van der Waals surface area (Å²) >= 11 is 1.37. The number of nitrogens with zero attached hydrogens (tertiary/aromatic N) is 5. The van der Waals surface area contributed by atoms with Gasteiger partial charge in [-0.3, -0.25) is 13.9 Å². The zero-order valence-electron chi connectivity index (χ0n) is 15.7. The fourth-order valence-electron chi connectivity index (χ4n) is 2.96. The van der Waals surface area contributed by atoms with Gasteiger partial charge in [0.15, 0.2) is 16.9 Å². The van der Waals surface area contributed by atoms with Crippen LogP contribution in [0.1, 0.15) is 10.5 Å². The maximum atomic E-state index is 12.4. The van der Waals surface area contributed by atoms with E-state index in [0.717, 1.165) is 15.1 Å². The minimum atomic E-state index is -0.534. The number of carbonyl (C=O) groups excluding carboxylic acids is 1. The molecule has 3 aromatic heterocycles. The van der Waals surface area contributed by atoms with Crippen LogP contribution in [0.3, 0.4) is 0 Å². The molecule has 1 aromatic carbocycles. The molecule has 0 aliphatic carbocycles. The number of aromatic nitrogens is 5. The number of aryl methyl sites for hydroxylation is 1. The van der Waals surface area contributed by atoms with Gasteiger partial charge in [-0.1, -0.05) is 30.3 Å². The Morgan fingerprint density at radius 3 is 2.66 bits per heavy atom. The van der Waals surface area contributed by atoms with E-state index >= 15 is 0 Å². The van der Waals surface area contributed by atoms with Gasteiger partial charge in [0.25, 0.3) is 5.56 Å². The van der Waals surface area contributed by atoms with Gasteiger partial charge in [-0.15, -0.1) is 11.3 Å². The molecule has 0 saturated heterocycles. The summed E-state index contributed by atoms with van der Waals surface area (Å²) in [5.74, 6) is -0.534. The fourth-order valence-corrected chi connectivity index (χ4v) is 3.75. The van der Waals surface area contributed by atoms with Crippen LogP contribution >= 0.6 is 11.3 Å². The molecule has 9 nitrogen and oxygen atoms in total. The van der Waals surface area contributed by atoms with Gasteiger partial charge >= 0.3 is 11.7 Å². The zero-order valence-corrected chi connectivity index (χ0v) is 16.5. The highest BCUT2D eigenvalue weighted by molar-refractivity contribution is 7.13. The topological polar surface area (TPSA) is 101 Å². The van der Waals surface area contributed by atoms with E-state index in [0.29, 0.717) is 0 Å². The molecule has 0 N–H and O–H groups in total. The lowest BCUT2D eigenvalue weighted by atomic mass is 10.2. The molecule has 3 heterocycles. The molecule has 0 bridgehead atoms. The quantitative estimate of drug-likeness (QED) is 0.460. The Balaban J connectivity index is 1.47. The third-order valence-electron chi connectivity index (χ3n) is 4.52. The number of benzene rings is 1. The van der Waals surface area contributed by atoms with Crippen molar-refractivity contribution < 1.29 is 9.53 Å². The molecule has 148 valence electrons. The van der Waals surface area contributed by atoms with Gasteiger partial charge in [-0.05, 0) is 0 Å². The Bertz CT molecular complexity index is 1320. The van der Waals surface area contributed by atoms with E-state index in [4.69, 9.17) is 4.74 Å². The van der Waals surface area contributed by atoms with E-state index in [2.05, 4.69) is 9.97 Å². The molecular formula is C19H17N5O4S. The maximum Gasteiger partial charge on any atom is 0.357 e. The minimum absolute atomic E-state index is 0.0362. The third-order valence-corrected chi connectivity index (χ3v) is 5.41. The summed E-state index contributed by atoms with van der Waals surface area (Å²) in [4.78, 5) is 45.1. The second kappa shape index (κ2) is 7.47. The van der Waals surface area contributed by atoms with Crippen LogP contribution < -0.4 is 11.2 Å². The summed E-state index contributed by atoms with van der Waals surface area (Å²) in [6.07, 6.45) is 1.45. The van der Waals surface area contributed by atoms with E-state index in [9.17, 15) is 14.4 Å². The van der Waals surface area contributed by atoms with Crippen molar-refractivity contribution in [3.05, 3.63) is 68.6 Å². The largest absolute Gasteiger partial charge is 0.459 e. The Kier molecular flexibility index (Phi) is 4.85. The van der Waals surface area contributed by atoms with Gasteiger partial charge in [-0.2, -0.15) is 0 Å². The van der Waals surface area contributed by atoms with E-state index in [1.54, 1.807) is 17.0 Å². The van der Waals surface area contributed by atoms with E-state index in [1.165, 1.54) is 29.3 Å². The first-order chi connectivity index (χ1) is 14.0. The Hall–Kier alpha value is -3.53. The molecule has 0 aliphatic rings. The number of esters is 1. The molecule has 0 unspecified atom stereocenters. The van der Waals surface area contributed by atoms with Crippen molar-refractivity contribution in [2.75, 3.05) is 6.61 Å². The predicted octanol–water partition coefficient (Wildman–Crippen LogP) is 1.41. The van der Waals surface area contributed by atoms with Gasteiger partial charge in [0.1, 0.15) is 11.6 Å². The highest BCUT2D eigenvalue weighted by atomic mass is 32.1. The van der Waals surface area contributed by atoms with Crippen molar-refractivity contribution in [3.8, 4) is 10.6 Å². The number of carbonyl (C=O) groups is 1.